The SMILES string of the molecule is C[C@H](CCC(=O)NCCS(=O)(=O)O)[C@H]1CC[C@@H]2C3[C@@H](CC[C@@]21C)[C@@]1(C)CC[C@H](O)CC1C[C@@H]3O. The number of carbonyl (C=O) groups is 1. The molecule has 34 heavy (non-hydrogen) atoms. The van der Waals surface area contributed by atoms with Crippen molar-refractivity contribution in [3.63, 3.8) is 0 Å². The number of carbonyl (C=O) groups excluding carboxylic acids is 1. The van der Waals surface area contributed by atoms with Gasteiger partial charge in [-0.3, -0.25) is 9.35 Å². The van der Waals surface area contributed by atoms with Gasteiger partial charge in [0.1, 0.15) is 0 Å². The molecule has 0 aromatic rings. The van der Waals surface area contributed by atoms with Gasteiger partial charge in [-0.1, -0.05) is 20.8 Å². The van der Waals surface area contributed by atoms with Gasteiger partial charge in [0, 0.05) is 13.0 Å². The summed E-state index contributed by atoms with van der Waals surface area (Å²) in [6.07, 6.45) is 8.87. The molecule has 4 saturated carbocycles. The number of hydrogen-bond donors (Lipinski definition) is 4. The first-order chi connectivity index (χ1) is 15.8. The minimum absolute atomic E-state index is 0.0625. The number of amides is 1. The molecule has 2 unspecified atom stereocenters. The first-order valence-corrected chi connectivity index (χ1v) is 15.0. The van der Waals surface area contributed by atoms with E-state index in [-0.39, 0.29) is 35.5 Å². The second kappa shape index (κ2) is 9.64. The van der Waals surface area contributed by atoms with Crippen LogP contribution in [0.3, 0.4) is 0 Å². The Balaban J connectivity index is 1.39. The topological polar surface area (TPSA) is 124 Å². The Morgan fingerprint density at radius 2 is 1.71 bits per heavy atom. The fraction of sp³-hybridized carbons (Fsp3) is 0.962. The van der Waals surface area contributed by atoms with Gasteiger partial charge in [-0.2, -0.15) is 8.42 Å². The third kappa shape index (κ3) is 4.94. The molecule has 4 N–H and O–H groups in total. The van der Waals surface area contributed by atoms with Crippen LogP contribution >= 0.6 is 0 Å². The summed E-state index contributed by atoms with van der Waals surface area (Å²) in [6.45, 7) is 7.05. The Morgan fingerprint density at radius 3 is 2.41 bits per heavy atom. The highest BCUT2D eigenvalue weighted by Crippen LogP contribution is 2.68. The molecule has 0 aromatic heterocycles. The first kappa shape index (κ1) is 26.4. The van der Waals surface area contributed by atoms with E-state index in [0.29, 0.717) is 41.9 Å². The lowest BCUT2D eigenvalue weighted by molar-refractivity contribution is -0.174. The van der Waals surface area contributed by atoms with E-state index in [1.54, 1.807) is 0 Å². The molecular formula is C26H45NO6S. The molecule has 4 rings (SSSR count). The first-order valence-electron chi connectivity index (χ1n) is 13.4. The maximum Gasteiger partial charge on any atom is 0.266 e. The third-order valence-electron chi connectivity index (χ3n) is 10.9. The summed E-state index contributed by atoms with van der Waals surface area (Å²) in [7, 11) is -4.06. The zero-order valence-corrected chi connectivity index (χ0v) is 21.9. The van der Waals surface area contributed by atoms with Crippen LogP contribution in [0.5, 0.6) is 0 Å². The quantitative estimate of drug-likeness (QED) is 0.398. The Hall–Kier alpha value is -0.700. The lowest BCUT2D eigenvalue weighted by Crippen LogP contribution is -2.58. The fourth-order valence-electron chi connectivity index (χ4n) is 9.14. The van der Waals surface area contributed by atoms with Crippen LogP contribution in [0.1, 0.15) is 85.0 Å². The lowest BCUT2D eigenvalue weighted by atomic mass is 9.43. The minimum atomic E-state index is -4.06. The van der Waals surface area contributed by atoms with Crippen molar-refractivity contribution >= 4 is 16.0 Å². The highest BCUT2D eigenvalue weighted by Gasteiger charge is 2.62. The number of fused-ring (bicyclic) bond motifs is 5. The molecule has 0 aliphatic heterocycles. The summed E-state index contributed by atoms with van der Waals surface area (Å²) in [4.78, 5) is 12.2. The predicted molar refractivity (Wildman–Crippen MR) is 130 cm³/mol. The van der Waals surface area contributed by atoms with Crippen molar-refractivity contribution in [2.75, 3.05) is 12.3 Å². The zero-order chi connectivity index (χ0) is 24.9. The van der Waals surface area contributed by atoms with E-state index in [2.05, 4.69) is 26.1 Å². The maximum atomic E-state index is 12.2. The summed E-state index contributed by atoms with van der Waals surface area (Å²) < 4.78 is 30.5. The molecule has 196 valence electrons. The van der Waals surface area contributed by atoms with Crippen LogP contribution in [0.15, 0.2) is 0 Å². The molecule has 0 saturated heterocycles. The summed E-state index contributed by atoms with van der Waals surface area (Å²) in [5.41, 5.74) is 0.411. The Bertz CT molecular complexity index is 863. The Kier molecular flexibility index (Phi) is 7.47. The van der Waals surface area contributed by atoms with Crippen LogP contribution in [0.4, 0.5) is 0 Å². The van der Waals surface area contributed by atoms with Crippen molar-refractivity contribution in [1.29, 1.82) is 0 Å². The van der Waals surface area contributed by atoms with Crippen molar-refractivity contribution in [3.05, 3.63) is 0 Å². The van der Waals surface area contributed by atoms with E-state index >= 15 is 0 Å². The second-order valence-electron chi connectivity index (χ2n) is 12.6. The molecule has 7 nitrogen and oxygen atoms in total. The standard InChI is InChI=1S/C26H45NO6S/c1-16(4-7-23(30)27-12-13-34(31,32)33)19-5-6-20-24-21(9-11-26(19,20)3)25(2)10-8-18(28)14-17(25)15-22(24)29/h16-22,24,28-29H,4-15H2,1-3H3,(H,27,30)(H,31,32,33)/t16-,17?,18+,19-,20-,21-,22+,24?,25+,26-/m1/s1. The highest BCUT2D eigenvalue weighted by molar-refractivity contribution is 7.85. The number of rotatable bonds is 7. The van der Waals surface area contributed by atoms with Crippen molar-refractivity contribution in [2.45, 2.75) is 97.2 Å². The van der Waals surface area contributed by atoms with Gasteiger partial charge in [0.25, 0.3) is 10.1 Å². The van der Waals surface area contributed by atoms with Crippen molar-refractivity contribution in [1.82, 2.24) is 5.32 Å². The predicted octanol–water partition coefficient (Wildman–Crippen LogP) is 3.40. The average Bonchev–Trinajstić information content (AvgIpc) is 3.09. The van der Waals surface area contributed by atoms with Crippen molar-refractivity contribution in [3.8, 4) is 0 Å². The van der Waals surface area contributed by atoms with Gasteiger partial charge >= 0.3 is 0 Å². The molecule has 0 radical (unpaired) electrons. The minimum Gasteiger partial charge on any atom is -0.393 e. The lowest BCUT2D eigenvalue weighted by Gasteiger charge is -2.62. The van der Waals surface area contributed by atoms with Crippen LogP contribution in [0.2, 0.25) is 0 Å². The van der Waals surface area contributed by atoms with E-state index in [1.165, 1.54) is 6.42 Å². The van der Waals surface area contributed by atoms with Gasteiger partial charge < -0.3 is 15.5 Å². The Morgan fingerprint density at radius 1 is 1.03 bits per heavy atom. The number of hydrogen-bond acceptors (Lipinski definition) is 5. The Labute approximate surface area is 205 Å². The van der Waals surface area contributed by atoms with E-state index in [0.717, 1.165) is 51.4 Å². The van der Waals surface area contributed by atoms with E-state index in [1.807, 2.05) is 0 Å². The molecule has 0 heterocycles. The molecule has 4 aliphatic carbocycles. The summed E-state index contributed by atoms with van der Waals surface area (Å²) >= 11 is 0. The van der Waals surface area contributed by atoms with Crippen LogP contribution in [0.25, 0.3) is 0 Å². The van der Waals surface area contributed by atoms with Gasteiger partial charge in [0.05, 0.1) is 18.0 Å². The van der Waals surface area contributed by atoms with E-state index < -0.39 is 15.9 Å². The third-order valence-corrected chi connectivity index (χ3v) is 11.6. The van der Waals surface area contributed by atoms with Gasteiger partial charge in [-0.25, -0.2) is 0 Å². The van der Waals surface area contributed by atoms with Gasteiger partial charge in [-0.15, -0.1) is 0 Å². The molecule has 4 aliphatic rings. The molecule has 8 heteroatoms. The number of nitrogens with one attached hydrogen (secondary N) is 1. The summed E-state index contributed by atoms with van der Waals surface area (Å²) in [5, 5.41) is 24.2. The zero-order valence-electron chi connectivity index (χ0n) is 21.1. The smallest absolute Gasteiger partial charge is 0.266 e. The van der Waals surface area contributed by atoms with Crippen LogP contribution in [-0.2, 0) is 14.9 Å². The highest BCUT2D eigenvalue weighted by atomic mass is 32.2. The van der Waals surface area contributed by atoms with Crippen molar-refractivity contribution in [2.24, 2.45) is 46.3 Å². The molecule has 1 amide bonds. The fourth-order valence-corrected chi connectivity index (χ4v) is 9.50. The van der Waals surface area contributed by atoms with E-state index in [4.69, 9.17) is 4.55 Å². The number of aliphatic hydroxyl groups excluding tert-OH is 2. The van der Waals surface area contributed by atoms with Crippen LogP contribution in [-0.4, -0.2) is 53.6 Å². The molecule has 0 spiro atoms. The van der Waals surface area contributed by atoms with Crippen LogP contribution in [0, 0.1) is 46.3 Å². The molecule has 4 fully saturated rings. The van der Waals surface area contributed by atoms with Gasteiger partial charge in [0.2, 0.25) is 5.91 Å². The molecule has 0 bridgehead atoms. The summed E-state index contributed by atoms with van der Waals surface area (Å²) in [5.74, 6) is 2.10. The van der Waals surface area contributed by atoms with Crippen LogP contribution < -0.4 is 5.32 Å². The monoisotopic (exact) mass is 499 g/mol. The van der Waals surface area contributed by atoms with Gasteiger partial charge in [-0.05, 0) is 104 Å². The van der Waals surface area contributed by atoms with E-state index in [9.17, 15) is 23.4 Å². The van der Waals surface area contributed by atoms with Crippen molar-refractivity contribution < 1.29 is 28.0 Å². The number of aliphatic hydroxyl groups is 2. The van der Waals surface area contributed by atoms with Gasteiger partial charge in [0.15, 0.2) is 0 Å². The molecule has 10 atom stereocenters. The maximum absolute atomic E-state index is 12.2. The molecular weight excluding hydrogens is 454 g/mol. The normalized spacial score (nSPS) is 45.1. The average molecular weight is 500 g/mol. The molecule has 0 aromatic carbocycles. The second-order valence-corrected chi connectivity index (χ2v) is 14.2. The summed E-state index contributed by atoms with van der Waals surface area (Å²) in [6, 6.07) is 0. The largest absolute Gasteiger partial charge is 0.393 e.